The first-order chi connectivity index (χ1) is 15.0. The van der Waals surface area contributed by atoms with Crippen LogP contribution in [0.1, 0.15) is 44.2 Å². The Labute approximate surface area is 183 Å². The molecule has 6 heteroatoms. The zero-order valence-corrected chi connectivity index (χ0v) is 18.2. The number of carbonyl (C=O) groups is 3. The summed E-state index contributed by atoms with van der Waals surface area (Å²) in [7, 11) is 0. The summed E-state index contributed by atoms with van der Waals surface area (Å²) in [5.74, 6) is -1.58. The summed E-state index contributed by atoms with van der Waals surface area (Å²) in [5, 5.41) is 2.78. The maximum atomic E-state index is 12.4. The second kappa shape index (κ2) is 10.8. The number of nitrogens with zero attached hydrogens (tertiary/aromatic N) is 1. The first kappa shape index (κ1) is 22.5. The highest BCUT2D eigenvalue weighted by molar-refractivity contribution is 6.00. The summed E-state index contributed by atoms with van der Waals surface area (Å²) >= 11 is 0. The molecule has 164 valence electrons. The number of aryl methyl sites for hydroxylation is 2. The molecule has 0 radical (unpaired) electrons. The van der Waals surface area contributed by atoms with Gasteiger partial charge < -0.3 is 15.0 Å². The molecule has 0 saturated carbocycles. The van der Waals surface area contributed by atoms with Crippen LogP contribution in [0, 0.1) is 5.92 Å². The third kappa shape index (κ3) is 5.94. The fraction of sp³-hybridized carbons (Fsp3) is 0.400. The average molecular weight is 423 g/mol. The van der Waals surface area contributed by atoms with Crippen molar-refractivity contribution in [3.05, 3.63) is 59.7 Å². The number of hydrogen-bond acceptors (Lipinski definition) is 4. The van der Waals surface area contributed by atoms with Gasteiger partial charge in [-0.1, -0.05) is 50.6 Å². The zero-order chi connectivity index (χ0) is 22.2. The number of benzene rings is 2. The topological polar surface area (TPSA) is 75.7 Å². The Morgan fingerprint density at radius 2 is 1.84 bits per heavy atom. The Bertz CT molecular complexity index is 923. The Balaban J connectivity index is 1.51. The molecule has 1 fully saturated rings. The number of esters is 1. The Morgan fingerprint density at radius 1 is 1.10 bits per heavy atom. The number of anilines is 2. The van der Waals surface area contributed by atoms with Gasteiger partial charge in [-0.2, -0.15) is 0 Å². The molecule has 2 aromatic carbocycles. The van der Waals surface area contributed by atoms with Crippen molar-refractivity contribution in [1.29, 1.82) is 0 Å². The van der Waals surface area contributed by atoms with E-state index in [-0.39, 0.29) is 25.5 Å². The number of carbonyl (C=O) groups excluding carboxylic acids is 3. The molecule has 1 aliphatic rings. The van der Waals surface area contributed by atoms with Gasteiger partial charge in [0, 0.05) is 24.3 Å². The quantitative estimate of drug-likeness (QED) is 0.617. The van der Waals surface area contributed by atoms with Crippen LogP contribution < -0.4 is 10.2 Å². The highest BCUT2D eigenvalue weighted by Crippen LogP contribution is 2.26. The Kier molecular flexibility index (Phi) is 7.82. The highest BCUT2D eigenvalue weighted by atomic mass is 16.5. The normalized spacial score (nSPS) is 15.7. The number of amides is 2. The largest absolute Gasteiger partial charge is 0.455 e. The summed E-state index contributed by atoms with van der Waals surface area (Å²) < 4.78 is 5.20. The fourth-order valence-electron chi connectivity index (χ4n) is 3.73. The Morgan fingerprint density at radius 3 is 2.55 bits per heavy atom. The number of ether oxygens (including phenoxy) is 1. The molecule has 3 rings (SSSR count). The lowest BCUT2D eigenvalue weighted by Crippen LogP contribution is -2.28. The van der Waals surface area contributed by atoms with E-state index >= 15 is 0 Å². The number of unbranched alkanes of at least 4 members (excludes halogenated alkanes) is 1. The van der Waals surface area contributed by atoms with Gasteiger partial charge in [-0.05, 0) is 48.6 Å². The SMILES string of the molecule is CCCCc1ccc(N2C[C@@H](C(=O)OCC(=O)Nc3ccccc3CC)CC2=O)cc1. The van der Waals surface area contributed by atoms with E-state index in [1.54, 1.807) is 4.90 Å². The molecule has 0 unspecified atom stereocenters. The molecule has 0 aromatic heterocycles. The van der Waals surface area contributed by atoms with Gasteiger partial charge >= 0.3 is 5.97 Å². The van der Waals surface area contributed by atoms with Crippen molar-refractivity contribution in [3.63, 3.8) is 0 Å². The minimum atomic E-state index is -0.567. The Hall–Kier alpha value is -3.15. The van der Waals surface area contributed by atoms with Crippen LogP contribution in [0.15, 0.2) is 48.5 Å². The number of nitrogens with one attached hydrogen (secondary N) is 1. The average Bonchev–Trinajstić information content (AvgIpc) is 3.18. The first-order valence-corrected chi connectivity index (χ1v) is 11.0. The molecule has 0 spiro atoms. The van der Waals surface area contributed by atoms with Crippen molar-refractivity contribution in [2.24, 2.45) is 5.92 Å². The van der Waals surface area contributed by atoms with E-state index in [0.717, 1.165) is 42.6 Å². The third-order valence-corrected chi connectivity index (χ3v) is 5.54. The van der Waals surface area contributed by atoms with E-state index in [1.165, 1.54) is 5.56 Å². The standard InChI is InChI=1S/C25H30N2O4/c1-3-5-8-18-11-13-21(14-12-18)27-16-20(15-24(27)29)25(30)31-17-23(28)26-22-10-7-6-9-19(22)4-2/h6-7,9-14,20H,3-5,8,15-17H2,1-2H3,(H,26,28)/t20-/m0/s1. The summed E-state index contributed by atoms with van der Waals surface area (Å²) in [6, 6.07) is 15.4. The van der Waals surface area contributed by atoms with Gasteiger partial charge in [-0.3, -0.25) is 14.4 Å². The number of para-hydroxylation sites is 1. The lowest BCUT2D eigenvalue weighted by molar-refractivity contribution is -0.151. The van der Waals surface area contributed by atoms with E-state index in [9.17, 15) is 14.4 Å². The molecule has 1 saturated heterocycles. The monoisotopic (exact) mass is 422 g/mol. The molecule has 0 bridgehead atoms. The van der Waals surface area contributed by atoms with Gasteiger partial charge in [-0.15, -0.1) is 0 Å². The van der Waals surface area contributed by atoms with Crippen LogP contribution in [0.2, 0.25) is 0 Å². The molecule has 0 aliphatic carbocycles. The van der Waals surface area contributed by atoms with Gasteiger partial charge in [0.25, 0.3) is 5.91 Å². The molecule has 1 N–H and O–H groups in total. The molecule has 6 nitrogen and oxygen atoms in total. The predicted octanol–water partition coefficient (Wildman–Crippen LogP) is 4.13. The molecule has 1 aliphatic heterocycles. The van der Waals surface area contributed by atoms with Gasteiger partial charge in [-0.25, -0.2) is 0 Å². The highest BCUT2D eigenvalue weighted by Gasteiger charge is 2.36. The van der Waals surface area contributed by atoms with Crippen molar-refractivity contribution in [1.82, 2.24) is 0 Å². The van der Waals surface area contributed by atoms with E-state index in [2.05, 4.69) is 12.2 Å². The molecule has 31 heavy (non-hydrogen) atoms. The molecule has 1 atom stereocenters. The molecular weight excluding hydrogens is 392 g/mol. The van der Waals surface area contributed by atoms with Gasteiger partial charge in [0.15, 0.2) is 6.61 Å². The second-order valence-corrected chi connectivity index (χ2v) is 7.84. The first-order valence-electron chi connectivity index (χ1n) is 11.0. The van der Waals surface area contributed by atoms with Crippen LogP contribution in [0.25, 0.3) is 0 Å². The van der Waals surface area contributed by atoms with Crippen LogP contribution in [0.5, 0.6) is 0 Å². The summed E-state index contributed by atoms with van der Waals surface area (Å²) in [5.41, 5.74) is 3.76. The maximum absolute atomic E-state index is 12.4. The van der Waals surface area contributed by atoms with Gasteiger partial charge in [0.05, 0.1) is 5.92 Å². The smallest absolute Gasteiger partial charge is 0.311 e. The maximum Gasteiger partial charge on any atom is 0.311 e. The van der Waals surface area contributed by atoms with Crippen LogP contribution in [0.4, 0.5) is 11.4 Å². The minimum Gasteiger partial charge on any atom is -0.455 e. The minimum absolute atomic E-state index is 0.0940. The molecule has 2 aromatic rings. The molecule has 1 heterocycles. The summed E-state index contributed by atoms with van der Waals surface area (Å²) in [6.45, 7) is 4.07. The van der Waals surface area contributed by atoms with Crippen LogP contribution in [-0.4, -0.2) is 30.9 Å². The van der Waals surface area contributed by atoms with Gasteiger partial charge in [0.2, 0.25) is 5.91 Å². The van der Waals surface area contributed by atoms with Crippen LogP contribution >= 0.6 is 0 Å². The van der Waals surface area contributed by atoms with Crippen molar-refractivity contribution >= 4 is 29.2 Å². The van der Waals surface area contributed by atoms with Gasteiger partial charge in [0.1, 0.15) is 0 Å². The van der Waals surface area contributed by atoms with Crippen molar-refractivity contribution in [2.45, 2.75) is 46.0 Å². The zero-order valence-electron chi connectivity index (χ0n) is 18.2. The van der Waals surface area contributed by atoms with Crippen LogP contribution in [-0.2, 0) is 32.0 Å². The van der Waals surface area contributed by atoms with E-state index in [0.29, 0.717) is 0 Å². The predicted molar refractivity (Wildman–Crippen MR) is 121 cm³/mol. The van der Waals surface area contributed by atoms with Crippen molar-refractivity contribution < 1.29 is 19.1 Å². The lowest BCUT2D eigenvalue weighted by Gasteiger charge is -2.17. The molecule has 2 amide bonds. The third-order valence-electron chi connectivity index (χ3n) is 5.54. The van der Waals surface area contributed by atoms with E-state index < -0.39 is 17.8 Å². The van der Waals surface area contributed by atoms with Crippen molar-refractivity contribution in [3.8, 4) is 0 Å². The fourth-order valence-corrected chi connectivity index (χ4v) is 3.73. The second-order valence-electron chi connectivity index (χ2n) is 7.84. The summed E-state index contributed by atoms with van der Waals surface area (Å²) in [6.07, 6.45) is 4.17. The van der Waals surface area contributed by atoms with E-state index in [4.69, 9.17) is 4.74 Å². The van der Waals surface area contributed by atoms with E-state index in [1.807, 2.05) is 55.5 Å². The van der Waals surface area contributed by atoms with Crippen molar-refractivity contribution in [2.75, 3.05) is 23.4 Å². The molecular formula is C25H30N2O4. The number of rotatable bonds is 9. The summed E-state index contributed by atoms with van der Waals surface area (Å²) in [4.78, 5) is 38.7. The lowest BCUT2D eigenvalue weighted by atomic mass is 10.1. The van der Waals surface area contributed by atoms with Crippen LogP contribution in [0.3, 0.4) is 0 Å². The number of hydrogen-bond donors (Lipinski definition) is 1.